The number of hydrogen-bond acceptors (Lipinski definition) is 6. The molecule has 0 spiro atoms. The average Bonchev–Trinajstić information content (AvgIpc) is 3.54. The number of furan rings is 1. The molecule has 5 rings (SSSR count). The molecule has 2 aliphatic heterocycles. The quantitative estimate of drug-likeness (QED) is 0.448. The van der Waals surface area contributed by atoms with Crippen molar-refractivity contribution in [1.29, 1.82) is 0 Å². The molecule has 3 heterocycles. The first kappa shape index (κ1) is 25.4. The Bertz CT molecular complexity index is 1220. The first-order valence-electron chi connectivity index (χ1n) is 13.0. The Hall–Kier alpha value is -3.29. The lowest BCUT2D eigenvalue weighted by Crippen LogP contribution is -2.48. The molecule has 2 aliphatic rings. The van der Waals surface area contributed by atoms with Crippen LogP contribution in [0.1, 0.15) is 53.8 Å². The van der Waals surface area contributed by atoms with Crippen molar-refractivity contribution in [2.75, 3.05) is 33.0 Å². The van der Waals surface area contributed by atoms with E-state index in [-0.39, 0.29) is 18.2 Å². The highest BCUT2D eigenvalue weighted by Crippen LogP contribution is 2.33. The van der Waals surface area contributed by atoms with E-state index < -0.39 is 0 Å². The number of rotatable bonds is 7. The van der Waals surface area contributed by atoms with Gasteiger partial charge in [-0.3, -0.25) is 14.6 Å². The van der Waals surface area contributed by atoms with E-state index in [2.05, 4.69) is 67.8 Å². The topological polar surface area (TPSA) is 58.4 Å². The van der Waals surface area contributed by atoms with Gasteiger partial charge in [-0.2, -0.15) is 0 Å². The van der Waals surface area contributed by atoms with Gasteiger partial charge in [-0.1, -0.05) is 35.9 Å². The standard InChI is InChI=1S/C30H37N3O4/c1-22-5-7-23(8-6-22)19-33(30(2,3)4)20-25-10-12-27(37-25)29(34)32-15-13-31(14-16-32)18-24-9-11-26-28(17-24)36-21-35-26/h5-12,17H,13-16,18-21H2,1-4H3. The van der Waals surface area contributed by atoms with Crippen molar-refractivity contribution in [3.8, 4) is 11.5 Å². The third-order valence-electron chi connectivity index (χ3n) is 7.16. The van der Waals surface area contributed by atoms with Gasteiger partial charge in [0.1, 0.15) is 5.76 Å². The molecule has 0 unspecified atom stereocenters. The fourth-order valence-electron chi connectivity index (χ4n) is 4.77. The van der Waals surface area contributed by atoms with Gasteiger partial charge in [0.2, 0.25) is 6.79 Å². The number of hydrogen-bond donors (Lipinski definition) is 0. The third kappa shape index (κ3) is 6.17. The van der Waals surface area contributed by atoms with Crippen molar-refractivity contribution in [3.05, 3.63) is 82.8 Å². The Kier molecular flexibility index (Phi) is 7.26. The Morgan fingerprint density at radius 1 is 0.865 bits per heavy atom. The summed E-state index contributed by atoms with van der Waals surface area (Å²) in [7, 11) is 0. The van der Waals surface area contributed by atoms with Crippen molar-refractivity contribution in [2.45, 2.75) is 52.9 Å². The Morgan fingerprint density at radius 3 is 2.30 bits per heavy atom. The lowest BCUT2D eigenvalue weighted by atomic mass is 10.0. The zero-order valence-corrected chi connectivity index (χ0v) is 22.3. The summed E-state index contributed by atoms with van der Waals surface area (Å²) < 4.78 is 17.0. The first-order chi connectivity index (χ1) is 17.7. The number of fused-ring (bicyclic) bond motifs is 1. The smallest absolute Gasteiger partial charge is 0.289 e. The number of benzene rings is 2. The van der Waals surface area contributed by atoms with Crippen LogP contribution in [0.2, 0.25) is 0 Å². The predicted molar refractivity (Wildman–Crippen MR) is 143 cm³/mol. The normalized spacial score (nSPS) is 16.0. The number of carbonyl (C=O) groups excluding carboxylic acids is 1. The molecule has 0 aliphatic carbocycles. The predicted octanol–water partition coefficient (Wildman–Crippen LogP) is 5.08. The van der Waals surface area contributed by atoms with Crippen molar-refractivity contribution in [3.63, 3.8) is 0 Å². The van der Waals surface area contributed by atoms with Crippen molar-refractivity contribution < 1.29 is 18.7 Å². The van der Waals surface area contributed by atoms with Gasteiger partial charge in [-0.25, -0.2) is 0 Å². The zero-order valence-electron chi connectivity index (χ0n) is 22.3. The molecule has 7 nitrogen and oxygen atoms in total. The van der Waals surface area contributed by atoms with Crippen LogP contribution < -0.4 is 9.47 Å². The molecule has 7 heteroatoms. The summed E-state index contributed by atoms with van der Waals surface area (Å²) in [6.45, 7) is 14.3. The molecule has 0 bridgehead atoms. The second-order valence-electron chi connectivity index (χ2n) is 11.0. The van der Waals surface area contributed by atoms with Gasteiger partial charge < -0.3 is 18.8 Å². The maximum absolute atomic E-state index is 13.2. The summed E-state index contributed by atoms with van der Waals surface area (Å²) in [4.78, 5) is 19.8. The van der Waals surface area contributed by atoms with Gasteiger partial charge in [-0.15, -0.1) is 0 Å². The van der Waals surface area contributed by atoms with Crippen molar-refractivity contribution >= 4 is 5.91 Å². The van der Waals surface area contributed by atoms with E-state index in [1.54, 1.807) is 0 Å². The molecule has 0 radical (unpaired) electrons. The van der Waals surface area contributed by atoms with Crippen LogP contribution in [-0.4, -0.2) is 59.1 Å². The molecular formula is C30H37N3O4. The van der Waals surface area contributed by atoms with E-state index >= 15 is 0 Å². The summed E-state index contributed by atoms with van der Waals surface area (Å²) in [5.74, 6) is 2.81. The van der Waals surface area contributed by atoms with Gasteiger partial charge in [0.15, 0.2) is 17.3 Å². The van der Waals surface area contributed by atoms with Crippen LogP contribution in [0, 0.1) is 6.92 Å². The summed E-state index contributed by atoms with van der Waals surface area (Å²) in [5.41, 5.74) is 3.67. The molecule has 2 aromatic carbocycles. The van der Waals surface area contributed by atoms with E-state index in [0.29, 0.717) is 25.4 Å². The number of amides is 1. The average molecular weight is 504 g/mol. The molecule has 0 saturated carbocycles. The van der Waals surface area contributed by atoms with Gasteiger partial charge in [0, 0.05) is 44.8 Å². The van der Waals surface area contributed by atoms with E-state index in [4.69, 9.17) is 13.9 Å². The van der Waals surface area contributed by atoms with Gasteiger partial charge >= 0.3 is 0 Å². The first-order valence-corrected chi connectivity index (χ1v) is 13.0. The fourth-order valence-corrected chi connectivity index (χ4v) is 4.77. The second-order valence-corrected chi connectivity index (χ2v) is 11.0. The molecule has 1 saturated heterocycles. The van der Waals surface area contributed by atoms with Crippen LogP contribution in [0.4, 0.5) is 0 Å². The Morgan fingerprint density at radius 2 is 1.57 bits per heavy atom. The Labute approximate surface area is 219 Å². The van der Waals surface area contributed by atoms with Crippen LogP contribution in [0.25, 0.3) is 0 Å². The lowest BCUT2D eigenvalue weighted by molar-refractivity contribution is 0.0589. The highest BCUT2D eigenvalue weighted by atomic mass is 16.7. The van der Waals surface area contributed by atoms with E-state index in [1.807, 2.05) is 29.2 Å². The van der Waals surface area contributed by atoms with Crippen molar-refractivity contribution in [2.24, 2.45) is 0 Å². The summed E-state index contributed by atoms with van der Waals surface area (Å²) in [6.07, 6.45) is 0. The van der Waals surface area contributed by atoms with E-state index in [1.165, 1.54) is 16.7 Å². The monoisotopic (exact) mass is 503 g/mol. The number of piperazine rings is 1. The summed E-state index contributed by atoms with van der Waals surface area (Å²) >= 11 is 0. The third-order valence-corrected chi connectivity index (χ3v) is 7.16. The largest absolute Gasteiger partial charge is 0.455 e. The molecule has 1 fully saturated rings. The van der Waals surface area contributed by atoms with Gasteiger partial charge in [0.25, 0.3) is 5.91 Å². The minimum atomic E-state index is -0.0455. The van der Waals surface area contributed by atoms with Crippen LogP contribution >= 0.6 is 0 Å². The number of carbonyl (C=O) groups is 1. The SMILES string of the molecule is Cc1ccc(CN(Cc2ccc(C(=O)N3CCN(Cc4ccc5c(c4)OCO5)CC3)o2)C(C)(C)C)cc1. The number of ether oxygens (including phenoxy) is 2. The maximum atomic E-state index is 13.2. The highest BCUT2D eigenvalue weighted by molar-refractivity contribution is 5.91. The van der Waals surface area contributed by atoms with Crippen LogP contribution in [-0.2, 0) is 19.6 Å². The zero-order chi connectivity index (χ0) is 26.0. The van der Waals surface area contributed by atoms with Crippen LogP contribution in [0.3, 0.4) is 0 Å². The highest BCUT2D eigenvalue weighted by Gasteiger charge is 2.27. The van der Waals surface area contributed by atoms with Crippen LogP contribution in [0.5, 0.6) is 11.5 Å². The molecule has 0 atom stereocenters. The minimum absolute atomic E-state index is 0.0326. The second kappa shape index (κ2) is 10.6. The summed E-state index contributed by atoms with van der Waals surface area (Å²) in [6, 6.07) is 18.5. The molecule has 3 aromatic rings. The molecular weight excluding hydrogens is 466 g/mol. The van der Waals surface area contributed by atoms with Crippen LogP contribution in [0.15, 0.2) is 59.0 Å². The summed E-state index contributed by atoms with van der Waals surface area (Å²) in [5, 5.41) is 0. The molecule has 196 valence electrons. The molecule has 1 amide bonds. The van der Waals surface area contributed by atoms with Crippen molar-refractivity contribution in [1.82, 2.24) is 14.7 Å². The van der Waals surface area contributed by atoms with Gasteiger partial charge in [-0.05, 0) is 63.1 Å². The molecule has 37 heavy (non-hydrogen) atoms. The maximum Gasteiger partial charge on any atom is 0.289 e. The Balaban J connectivity index is 1.16. The number of nitrogens with zero attached hydrogens (tertiary/aromatic N) is 3. The molecule has 0 N–H and O–H groups in total. The van der Waals surface area contributed by atoms with E-state index in [9.17, 15) is 4.79 Å². The fraction of sp³-hybridized carbons (Fsp3) is 0.433. The lowest BCUT2D eigenvalue weighted by Gasteiger charge is -2.35. The molecule has 1 aromatic heterocycles. The van der Waals surface area contributed by atoms with Gasteiger partial charge in [0.05, 0.1) is 6.54 Å². The minimum Gasteiger partial charge on any atom is -0.455 e. The number of aryl methyl sites for hydroxylation is 1. The van der Waals surface area contributed by atoms with E-state index in [0.717, 1.165) is 43.4 Å².